The van der Waals surface area contributed by atoms with Crippen LogP contribution in [0.4, 0.5) is 5.69 Å². The van der Waals surface area contributed by atoms with Gasteiger partial charge in [0.1, 0.15) is 0 Å². The van der Waals surface area contributed by atoms with Crippen LogP contribution in [0.3, 0.4) is 0 Å². The molecule has 2 heterocycles. The predicted octanol–water partition coefficient (Wildman–Crippen LogP) is 2.74. The first kappa shape index (κ1) is 12.5. The Bertz CT molecular complexity index is 392. The lowest BCUT2D eigenvalue weighted by atomic mass is 10.1. The highest BCUT2D eigenvalue weighted by Crippen LogP contribution is 2.21. The molecule has 0 spiro atoms. The van der Waals surface area contributed by atoms with Crippen LogP contribution in [-0.2, 0) is 9.53 Å². The molecule has 0 bridgehead atoms. The van der Waals surface area contributed by atoms with E-state index in [4.69, 9.17) is 4.74 Å². The fourth-order valence-electron chi connectivity index (χ4n) is 1.85. The molecule has 17 heavy (non-hydrogen) atoms. The Morgan fingerprint density at radius 2 is 2.47 bits per heavy atom. The van der Waals surface area contributed by atoms with Gasteiger partial charge in [-0.2, -0.15) is 0 Å². The van der Waals surface area contributed by atoms with Gasteiger partial charge in [0.05, 0.1) is 22.7 Å². The largest absolute Gasteiger partial charge is 0.378 e. The molecular formula is C12H15BrN2O2. The van der Waals surface area contributed by atoms with Gasteiger partial charge in [-0.15, -0.1) is 0 Å². The van der Waals surface area contributed by atoms with Crippen molar-refractivity contribution in [2.24, 2.45) is 0 Å². The minimum atomic E-state index is -0.0104. The highest BCUT2D eigenvalue weighted by Gasteiger charge is 2.17. The number of carbonyl (C=O) groups is 1. The van der Waals surface area contributed by atoms with Gasteiger partial charge in [-0.3, -0.25) is 9.78 Å². The first-order valence-corrected chi connectivity index (χ1v) is 6.56. The summed E-state index contributed by atoms with van der Waals surface area (Å²) in [6.07, 6.45) is 7.04. The summed E-state index contributed by atoms with van der Waals surface area (Å²) in [7, 11) is 0. The SMILES string of the molecule is O=C(CC1CCCCO1)Nc1ccncc1Br. The van der Waals surface area contributed by atoms with E-state index in [1.54, 1.807) is 18.5 Å². The quantitative estimate of drug-likeness (QED) is 0.933. The average molecular weight is 299 g/mol. The molecule has 5 heteroatoms. The average Bonchev–Trinajstić information content (AvgIpc) is 2.33. The van der Waals surface area contributed by atoms with E-state index in [2.05, 4.69) is 26.2 Å². The van der Waals surface area contributed by atoms with Crippen LogP contribution in [0.1, 0.15) is 25.7 Å². The second-order valence-electron chi connectivity index (χ2n) is 4.10. The maximum absolute atomic E-state index is 11.8. The Balaban J connectivity index is 1.86. The second kappa shape index (κ2) is 6.12. The Morgan fingerprint density at radius 3 is 3.18 bits per heavy atom. The van der Waals surface area contributed by atoms with Crippen LogP contribution in [0.2, 0.25) is 0 Å². The fourth-order valence-corrected chi connectivity index (χ4v) is 2.20. The van der Waals surface area contributed by atoms with E-state index >= 15 is 0 Å². The molecule has 0 aromatic carbocycles. The van der Waals surface area contributed by atoms with Crippen LogP contribution in [-0.4, -0.2) is 23.6 Å². The van der Waals surface area contributed by atoms with Crippen molar-refractivity contribution in [2.45, 2.75) is 31.8 Å². The van der Waals surface area contributed by atoms with Crippen molar-refractivity contribution >= 4 is 27.5 Å². The molecule has 1 aromatic rings. The van der Waals surface area contributed by atoms with Crippen LogP contribution in [0.25, 0.3) is 0 Å². The number of amides is 1. The van der Waals surface area contributed by atoms with Crippen LogP contribution < -0.4 is 5.32 Å². The molecule has 1 amide bonds. The monoisotopic (exact) mass is 298 g/mol. The highest BCUT2D eigenvalue weighted by atomic mass is 79.9. The number of hydrogen-bond donors (Lipinski definition) is 1. The van der Waals surface area contributed by atoms with E-state index in [1.165, 1.54) is 0 Å². The number of anilines is 1. The van der Waals surface area contributed by atoms with Crippen LogP contribution in [0, 0.1) is 0 Å². The van der Waals surface area contributed by atoms with Gasteiger partial charge < -0.3 is 10.1 Å². The standard InChI is InChI=1S/C12H15BrN2O2/c13-10-8-14-5-4-11(10)15-12(16)7-9-3-1-2-6-17-9/h4-5,8-9H,1-3,6-7H2,(H,14,15,16). The number of nitrogens with zero attached hydrogens (tertiary/aromatic N) is 1. The first-order chi connectivity index (χ1) is 8.25. The van der Waals surface area contributed by atoms with Crippen molar-refractivity contribution < 1.29 is 9.53 Å². The molecule has 1 unspecified atom stereocenters. The molecule has 1 saturated heterocycles. The smallest absolute Gasteiger partial charge is 0.227 e. The summed E-state index contributed by atoms with van der Waals surface area (Å²) in [5, 5.41) is 2.85. The summed E-state index contributed by atoms with van der Waals surface area (Å²) in [4.78, 5) is 15.7. The summed E-state index contributed by atoms with van der Waals surface area (Å²) in [5.74, 6) is -0.0104. The van der Waals surface area contributed by atoms with Crippen molar-refractivity contribution in [1.29, 1.82) is 0 Å². The van der Waals surface area contributed by atoms with E-state index in [9.17, 15) is 4.79 Å². The molecule has 1 atom stereocenters. The van der Waals surface area contributed by atoms with Crippen LogP contribution >= 0.6 is 15.9 Å². The Labute approximate surface area is 109 Å². The molecule has 1 aliphatic rings. The number of pyridine rings is 1. The van der Waals surface area contributed by atoms with Gasteiger partial charge in [-0.25, -0.2) is 0 Å². The van der Waals surface area contributed by atoms with E-state index < -0.39 is 0 Å². The second-order valence-corrected chi connectivity index (χ2v) is 4.95. The molecule has 1 aromatic heterocycles. The molecule has 0 saturated carbocycles. The summed E-state index contributed by atoms with van der Waals surface area (Å²) in [6, 6.07) is 1.77. The van der Waals surface area contributed by atoms with Gasteiger partial charge in [0.25, 0.3) is 0 Å². The molecule has 0 radical (unpaired) electrons. The van der Waals surface area contributed by atoms with Gasteiger partial charge in [0.2, 0.25) is 5.91 Å². The molecule has 1 aliphatic heterocycles. The minimum absolute atomic E-state index is 0.0104. The summed E-state index contributed by atoms with van der Waals surface area (Å²) >= 11 is 3.34. The third-order valence-electron chi connectivity index (χ3n) is 2.73. The summed E-state index contributed by atoms with van der Waals surface area (Å²) in [6.45, 7) is 0.775. The zero-order valence-corrected chi connectivity index (χ0v) is 11.1. The minimum Gasteiger partial charge on any atom is -0.378 e. The van der Waals surface area contributed by atoms with Gasteiger partial charge in [-0.05, 0) is 41.3 Å². The highest BCUT2D eigenvalue weighted by molar-refractivity contribution is 9.10. The molecule has 0 aliphatic carbocycles. The number of hydrogen-bond acceptors (Lipinski definition) is 3. The molecular weight excluding hydrogens is 284 g/mol. The van der Waals surface area contributed by atoms with E-state index in [-0.39, 0.29) is 12.0 Å². The number of carbonyl (C=O) groups excluding carboxylic acids is 1. The zero-order chi connectivity index (χ0) is 12.1. The van der Waals surface area contributed by atoms with E-state index in [0.717, 1.165) is 36.0 Å². The summed E-state index contributed by atoms with van der Waals surface area (Å²) in [5.41, 5.74) is 0.751. The number of rotatable bonds is 3. The topological polar surface area (TPSA) is 51.2 Å². The third-order valence-corrected chi connectivity index (χ3v) is 3.37. The Morgan fingerprint density at radius 1 is 1.59 bits per heavy atom. The van der Waals surface area contributed by atoms with Crippen molar-refractivity contribution in [2.75, 3.05) is 11.9 Å². The van der Waals surface area contributed by atoms with Gasteiger partial charge >= 0.3 is 0 Å². The van der Waals surface area contributed by atoms with Crippen LogP contribution in [0.5, 0.6) is 0 Å². The number of ether oxygens (including phenoxy) is 1. The van der Waals surface area contributed by atoms with E-state index in [0.29, 0.717) is 6.42 Å². The predicted molar refractivity (Wildman–Crippen MR) is 68.8 cm³/mol. The lowest BCUT2D eigenvalue weighted by Gasteiger charge is -2.22. The Hall–Kier alpha value is -0.940. The number of aromatic nitrogens is 1. The normalized spacial score (nSPS) is 19.9. The zero-order valence-electron chi connectivity index (χ0n) is 9.49. The number of halogens is 1. The molecule has 1 fully saturated rings. The van der Waals surface area contributed by atoms with Crippen molar-refractivity contribution in [3.05, 3.63) is 22.9 Å². The fraction of sp³-hybridized carbons (Fsp3) is 0.500. The van der Waals surface area contributed by atoms with Gasteiger partial charge in [-0.1, -0.05) is 0 Å². The number of nitrogens with one attached hydrogen (secondary N) is 1. The van der Waals surface area contributed by atoms with Gasteiger partial charge in [0, 0.05) is 19.0 Å². The Kier molecular flexibility index (Phi) is 4.50. The third kappa shape index (κ3) is 3.78. The van der Waals surface area contributed by atoms with Gasteiger partial charge in [0.15, 0.2) is 0 Å². The van der Waals surface area contributed by atoms with Crippen molar-refractivity contribution in [3.8, 4) is 0 Å². The van der Waals surface area contributed by atoms with Crippen LogP contribution in [0.15, 0.2) is 22.9 Å². The molecule has 92 valence electrons. The maximum atomic E-state index is 11.8. The lowest BCUT2D eigenvalue weighted by molar-refractivity contribution is -0.119. The molecule has 2 rings (SSSR count). The summed E-state index contributed by atoms with van der Waals surface area (Å²) < 4.78 is 6.32. The first-order valence-electron chi connectivity index (χ1n) is 5.76. The lowest BCUT2D eigenvalue weighted by Crippen LogP contribution is -2.25. The van der Waals surface area contributed by atoms with Crippen molar-refractivity contribution in [1.82, 2.24) is 4.98 Å². The molecule has 4 nitrogen and oxygen atoms in total. The molecule has 1 N–H and O–H groups in total. The van der Waals surface area contributed by atoms with E-state index in [1.807, 2.05) is 0 Å². The maximum Gasteiger partial charge on any atom is 0.227 e. The van der Waals surface area contributed by atoms with Crippen molar-refractivity contribution in [3.63, 3.8) is 0 Å².